The Hall–Kier alpha value is -2.34. The minimum atomic E-state index is -3.04. The minimum Gasteiger partial charge on any atom is -0.492 e. The van der Waals surface area contributed by atoms with E-state index < -0.39 is 8.80 Å². The third kappa shape index (κ3) is 5.82. The van der Waals surface area contributed by atoms with Crippen molar-refractivity contribution in [3.63, 3.8) is 0 Å². The Morgan fingerprint density at radius 3 is 1.78 bits per heavy atom. The molecule has 0 spiro atoms. The molecule has 5 heteroatoms. The second-order valence-electron chi connectivity index (χ2n) is 6.18. The van der Waals surface area contributed by atoms with Gasteiger partial charge < -0.3 is 19.0 Å². The van der Waals surface area contributed by atoms with E-state index in [1.165, 1.54) is 0 Å². The molecule has 0 radical (unpaired) electrons. The molecule has 0 bridgehead atoms. The third-order valence-corrected chi connectivity index (χ3v) is 6.85. The molecule has 27 heavy (non-hydrogen) atoms. The van der Waals surface area contributed by atoms with Crippen molar-refractivity contribution in [2.45, 2.75) is 25.3 Å². The highest BCUT2D eigenvalue weighted by Crippen LogP contribution is 2.29. The summed E-state index contributed by atoms with van der Waals surface area (Å²) in [7, 11) is -1.39. The van der Waals surface area contributed by atoms with Crippen LogP contribution in [0.2, 0.25) is 6.04 Å². The summed E-state index contributed by atoms with van der Waals surface area (Å²) in [5.74, 6) is 1.54. The number of nitrogens with two attached hydrogens (primary N) is 1. The molecule has 0 aliphatic carbocycles. The Morgan fingerprint density at radius 1 is 0.889 bits per heavy atom. The molecule has 0 saturated carbocycles. The normalized spacial score (nSPS) is 11.0. The SMILES string of the molecule is C=CCc1ccccc1O[Si](CCCN)(OC)Oc1ccccc1CC=C. The van der Waals surface area contributed by atoms with E-state index in [1.807, 2.05) is 60.7 Å². The molecule has 0 heterocycles. The minimum absolute atomic E-state index is 0.549. The average Bonchev–Trinajstić information content (AvgIpc) is 2.69. The molecule has 4 nitrogen and oxygen atoms in total. The van der Waals surface area contributed by atoms with Crippen molar-refractivity contribution in [3.05, 3.63) is 85.0 Å². The quantitative estimate of drug-likeness (QED) is 0.432. The molecule has 0 aliphatic heterocycles. The summed E-state index contributed by atoms with van der Waals surface area (Å²) in [6.45, 7) is 8.21. The second-order valence-corrected chi connectivity index (χ2v) is 8.87. The molecule has 0 amide bonds. The second kappa shape index (κ2) is 10.7. The predicted octanol–water partition coefficient (Wildman–Crippen LogP) is 4.54. The van der Waals surface area contributed by atoms with E-state index >= 15 is 0 Å². The van der Waals surface area contributed by atoms with E-state index in [4.69, 9.17) is 19.0 Å². The topological polar surface area (TPSA) is 53.7 Å². The van der Waals surface area contributed by atoms with E-state index in [2.05, 4.69) is 13.2 Å². The van der Waals surface area contributed by atoms with Gasteiger partial charge in [-0.2, -0.15) is 0 Å². The molecule has 2 N–H and O–H groups in total. The van der Waals surface area contributed by atoms with Crippen molar-refractivity contribution in [1.29, 1.82) is 0 Å². The van der Waals surface area contributed by atoms with E-state index in [-0.39, 0.29) is 0 Å². The zero-order valence-electron chi connectivity index (χ0n) is 16.0. The molecule has 144 valence electrons. The maximum absolute atomic E-state index is 6.44. The Labute approximate surface area is 163 Å². The highest BCUT2D eigenvalue weighted by atomic mass is 28.4. The summed E-state index contributed by atoms with van der Waals surface area (Å²) < 4.78 is 18.8. The molecule has 2 aromatic carbocycles. The van der Waals surface area contributed by atoms with Gasteiger partial charge in [0.2, 0.25) is 0 Å². The van der Waals surface area contributed by atoms with Gasteiger partial charge in [0, 0.05) is 13.2 Å². The van der Waals surface area contributed by atoms with Crippen LogP contribution in [0.25, 0.3) is 0 Å². The maximum atomic E-state index is 6.44. The zero-order chi connectivity index (χ0) is 19.5. The van der Waals surface area contributed by atoms with Gasteiger partial charge in [0.05, 0.1) is 0 Å². The molecule has 2 aromatic rings. The van der Waals surface area contributed by atoms with E-state index in [1.54, 1.807) is 7.11 Å². The van der Waals surface area contributed by atoms with Gasteiger partial charge in [-0.25, -0.2) is 0 Å². The van der Waals surface area contributed by atoms with Crippen LogP contribution in [0.1, 0.15) is 17.5 Å². The fourth-order valence-electron chi connectivity index (χ4n) is 2.82. The Morgan fingerprint density at radius 2 is 1.37 bits per heavy atom. The molecule has 0 atom stereocenters. The Balaban J connectivity index is 2.38. The van der Waals surface area contributed by atoms with Gasteiger partial charge >= 0.3 is 8.80 Å². The molecule has 0 aliphatic rings. The Kier molecular flexibility index (Phi) is 8.32. The van der Waals surface area contributed by atoms with Crippen molar-refractivity contribution in [2.24, 2.45) is 5.73 Å². The van der Waals surface area contributed by atoms with Gasteiger partial charge in [-0.15, -0.1) is 13.2 Å². The van der Waals surface area contributed by atoms with Crippen LogP contribution < -0.4 is 14.6 Å². The van der Waals surface area contributed by atoms with Crippen molar-refractivity contribution >= 4 is 8.80 Å². The number of rotatable bonds is 12. The van der Waals surface area contributed by atoms with Crippen LogP contribution in [0.5, 0.6) is 11.5 Å². The van der Waals surface area contributed by atoms with Crippen molar-refractivity contribution in [3.8, 4) is 11.5 Å². The summed E-state index contributed by atoms with van der Waals surface area (Å²) in [4.78, 5) is 0. The summed E-state index contributed by atoms with van der Waals surface area (Å²) in [6.07, 6.45) is 5.91. The number of hydrogen-bond acceptors (Lipinski definition) is 4. The monoisotopic (exact) mass is 383 g/mol. The predicted molar refractivity (Wildman–Crippen MR) is 113 cm³/mol. The Bertz CT molecular complexity index is 692. The first-order valence-corrected chi connectivity index (χ1v) is 11.1. The molecular formula is C22H29NO3Si. The van der Waals surface area contributed by atoms with Gasteiger partial charge in [0.15, 0.2) is 0 Å². The number of allylic oxidation sites excluding steroid dienone is 2. The molecule has 0 aromatic heterocycles. The molecule has 0 saturated heterocycles. The van der Waals surface area contributed by atoms with Crippen molar-refractivity contribution < 1.29 is 13.3 Å². The summed E-state index contributed by atoms with van der Waals surface area (Å²) >= 11 is 0. The lowest BCUT2D eigenvalue weighted by molar-refractivity contribution is 0.202. The van der Waals surface area contributed by atoms with Crippen LogP contribution in [0.4, 0.5) is 0 Å². The third-order valence-electron chi connectivity index (χ3n) is 4.20. The molecular weight excluding hydrogens is 354 g/mol. The summed E-state index contributed by atoms with van der Waals surface area (Å²) in [5, 5.41) is 0. The lowest BCUT2D eigenvalue weighted by Crippen LogP contribution is -2.51. The van der Waals surface area contributed by atoms with Crippen LogP contribution in [0.3, 0.4) is 0 Å². The van der Waals surface area contributed by atoms with Gasteiger partial charge in [-0.05, 0) is 49.1 Å². The molecule has 0 unspecified atom stereocenters. The van der Waals surface area contributed by atoms with Crippen molar-refractivity contribution in [2.75, 3.05) is 13.7 Å². The lowest BCUT2D eigenvalue weighted by Gasteiger charge is -2.30. The van der Waals surface area contributed by atoms with Crippen LogP contribution in [-0.2, 0) is 17.3 Å². The van der Waals surface area contributed by atoms with Crippen LogP contribution in [0, 0.1) is 0 Å². The fourth-order valence-corrected chi connectivity index (χ4v) is 5.14. The van der Waals surface area contributed by atoms with Crippen molar-refractivity contribution in [1.82, 2.24) is 0 Å². The van der Waals surface area contributed by atoms with E-state index in [0.717, 1.165) is 29.0 Å². The number of benzene rings is 2. The number of para-hydroxylation sites is 2. The van der Waals surface area contributed by atoms with E-state index in [0.29, 0.717) is 25.4 Å². The first-order valence-electron chi connectivity index (χ1n) is 9.19. The molecule has 2 rings (SSSR count). The molecule has 0 fully saturated rings. The van der Waals surface area contributed by atoms with Crippen LogP contribution in [0.15, 0.2) is 73.8 Å². The maximum Gasteiger partial charge on any atom is 0.631 e. The first-order chi connectivity index (χ1) is 13.2. The number of hydrogen-bond donors (Lipinski definition) is 1. The van der Waals surface area contributed by atoms with Gasteiger partial charge in [0.1, 0.15) is 11.5 Å². The van der Waals surface area contributed by atoms with E-state index in [9.17, 15) is 0 Å². The standard InChI is InChI=1S/C22H29NO3Si/c1-4-11-19-13-6-8-15-21(19)25-27(24-3,18-10-17-23)26-22-16-9-7-14-20(22)12-5-2/h4-9,13-16H,1-2,10-12,17-18,23H2,3H3. The van der Waals surface area contributed by atoms with Crippen LogP contribution >= 0.6 is 0 Å². The lowest BCUT2D eigenvalue weighted by atomic mass is 10.1. The smallest absolute Gasteiger partial charge is 0.492 e. The van der Waals surface area contributed by atoms with Gasteiger partial charge in [-0.1, -0.05) is 48.6 Å². The fraction of sp³-hybridized carbons (Fsp3) is 0.273. The highest BCUT2D eigenvalue weighted by Gasteiger charge is 2.45. The average molecular weight is 384 g/mol. The highest BCUT2D eigenvalue weighted by molar-refractivity contribution is 6.62. The van der Waals surface area contributed by atoms with Gasteiger partial charge in [-0.3, -0.25) is 0 Å². The first kappa shape index (κ1) is 21.0. The van der Waals surface area contributed by atoms with Crippen LogP contribution in [-0.4, -0.2) is 22.5 Å². The largest absolute Gasteiger partial charge is 0.631 e. The summed E-state index contributed by atoms with van der Waals surface area (Å²) in [6, 6.07) is 16.5. The summed E-state index contributed by atoms with van der Waals surface area (Å²) in [5.41, 5.74) is 7.87. The van der Waals surface area contributed by atoms with Gasteiger partial charge in [0.25, 0.3) is 0 Å². The zero-order valence-corrected chi connectivity index (χ0v) is 17.0.